The first kappa shape index (κ1) is 69.7. The first-order valence-corrected chi connectivity index (χ1v) is 32.4. The number of carbonyl (C=O) groups excluding carboxylic acids is 1. The molecule has 0 saturated heterocycles. The maximum absolute atomic E-state index is 13.0. The maximum atomic E-state index is 13.0. The maximum Gasteiger partial charge on any atom is 0.472 e. The van der Waals surface area contributed by atoms with Crippen LogP contribution in [-0.2, 0) is 18.4 Å². The Morgan fingerprint density at radius 2 is 0.775 bits per heavy atom. The molecule has 0 heterocycles. The molecule has 0 bridgehead atoms. The molecule has 0 radical (unpaired) electrons. The van der Waals surface area contributed by atoms with Crippen molar-refractivity contribution in [3.63, 3.8) is 0 Å². The van der Waals surface area contributed by atoms with E-state index in [4.69, 9.17) is 9.05 Å². The Kier molecular flexibility index (Phi) is 52.6. The van der Waals surface area contributed by atoms with Gasteiger partial charge in [-0.3, -0.25) is 13.8 Å². The smallest absolute Gasteiger partial charge is 0.387 e. The van der Waals surface area contributed by atoms with Gasteiger partial charge in [-0.2, -0.15) is 0 Å². The molecule has 0 rings (SSSR count). The fourth-order valence-corrected chi connectivity index (χ4v) is 9.97. The Balaban J connectivity index is 3.96. The molecule has 3 N–H and O–H groups in total. The molecule has 0 saturated carbocycles. The number of carbonyl (C=O) groups is 1. The van der Waals surface area contributed by atoms with Crippen LogP contribution >= 0.6 is 7.82 Å². The minimum absolute atomic E-state index is 0.0578. The molecule has 0 aromatic rings. The topological polar surface area (TPSA) is 105 Å². The second kappa shape index (κ2) is 53.5. The Morgan fingerprint density at radius 3 is 1.13 bits per heavy atom. The van der Waals surface area contributed by atoms with E-state index in [0.717, 1.165) is 38.5 Å². The molecular formula is C62H122N2O6P+. The Hall–Kier alpha value is -1.28. The summed E-state index contributed by atoms with van der Waals surface area (Å²) < 4.78 is 23.7. The normalized spacial score (nSPS) is 14.1. The highest BCUT2D eigenvalue weighted by Crippen LogP contribution is 2.43. The highest BCUT2D eigenvalue weighted by Gasteiger charge is 2.27. The van der Waals surface area contributed by atoms with E-state index in [2.05, 4.69) is 43.5 Å². The molecule has 1 amide bonds. The van der Waals surface area contributed by atoms with Crippen molar-refractivity contribution in [1.29, 1.82) is 0 Å². The van der Waals surface area contributed by atoms with Crippen LogP contribution in [0.1, 0.15) is 303 Å². The van der Waals surface area contributed by atoms with Gasteiger partial charge in [-0.15, -0.1) is 0 Å². The highest BCUT2D eigenvalue weighted by atomic mass is 31.2. The van der Waals surface area contributed by atoms with Crippen LogP contribution in [0.5, 0.6) is 0 Å². The third kappa shape index (κ3) is 56.3. The van der Waals surface area contributed by atoms with E-state index in [1.165, 1.54) is 244 Å². The number of aliphatic hydroxyl groups is 1. The average Bonchev–Trinajstić information content (AvgIpc) is 3.33. The van der Waals surface area contributed by atoms with Crippen molar-refractivity contribution in [2.75, 3.05) is 40.9 Å². The van der Waals surface area contributed by atoms with E-state index < -0.39 is 20.0 Å². The van der Waals surface area contributed by atoms with Gasteiger partial charge in [0.05, 0.1) is 39.9 Å². The lowest BCUT2D eigenvalue weighted by molar-refractivity contribution is -0.870. The zero-order chi connectivity index (χ0) is 52.0. The summed E-state index contributed by atoms with van der Waals surface area (Å²) in [5.41, 5.74) is 0. The number of aliphatic hydroxyl groups excluding tert-OH is 1. The lowest BCUT2D eigenvalue weighted by atomic mass is 10.0. The van der Waals surface area contributed by atoms with E-state index in [0.29, 0.717) is 17.4 Å². The van der Waals surface area contributed by atoms with Gasteiger partial charge in [0.1, 0.15) is 13.2 Å². The number of hydrogen-bond donors (Lipinski definition) is 3. The molecule has 0 aromatic heterocycles. The molecular weight excluding hydrogens is 900 g/mol. The fourth-order valence-electron chi connectivity index (χ4n) is 9.23. The number of amides is 1. The first-order valence-electron chi connectivity index (χ1n) is 30.9. The van der Waals surface area contributed by atoms with Crippen LogP contribution in [0.3, 0.4) is 0 Å². The minimum Gasteiger partial charge on any atom is -0.387 e. The van der Waals surface area contributed by atoms with Crippen molar-refractivity contribution in [2.45, 2.75) is 315 Å². The van der Waals surface area contributed by atoms with E-state index in [-0.39, 0.29) is 19.1 Å². The number of allylic oxidation sites excluding steroid dienone is 5. The zero-order valence-corrected chi connectivity index (χ0v) is 48.9. The number of unbranched alkanes of at least 4 members (excludes halogenated alkanes) is 40. The highest BCUT2D eigenvalue weighted by molar-refractivity contribution is 7.47. The Bertz CT molecular complexity index is 1250. The van der Waals surface area contributed by atoms with Gasteiger partial charge in [-0.1, -0.05) is 275 Å². The number of nitrogens with zero attached hydrogens (tertiary/aromatic N) is 1. The molecule has 0 spiro atoms. The van der Waals surface area contributed by atoms with Crippen molar-refractivity contribution in [2.24, 2.45) is 0 Å². The van der Waals surface area contributed by atoms with Crippen LogP contribution < -0.4 is 5.32 Å². The number of quaternary nitrogens is 1. The van der Waals surface area contributed by atoms with Crippen LogP contribution in [0.4, 0.5) is 0 Å². The van der Waals surface area contributed by atoms with Crippen molar-refractivity contribution < 1.29 is 32.9 Å². The molecule has 420 valence electrons. The van der Waals surface area contributed by atoms with Crippen LogP contribution in [0.2, 0.25) is 0 Å². The molecule has 0 aromatic carbocycles. The number of phosphoric ester groups is 1. The number of phosphoric acid groups is 1. The lowest BCUT2D eigenvalue weighted by Gasteiger charge is -2.25. The van der Waals surface area contributed by atoms with Gasteiger partial charge in [0, 0.05) is 6.42 Å². The van der Waals surface area contributed by atoms with Gasteiger partial charge in [-0.25, -0.2) is 4.57 Å². The molecule has 0 aliphatic carbocycles. The fraction of sp³-hybridized carbons (Fsp3) is 0.887. The van der Waals surface area contributed by atoms with Gasteiger partial charge < -0.3 is 19.8 Å². The molecule has 0 aliphatic rings. The summed E-state index contributed by atoms with van der Waals surface area (Å²) in [4.78, 5) is 23.3. The molecule has 3 atom stereocenters. The molecule has 9 heteroatoms. The summed E-state index contributed by atoms with van der Waals surface area (Å²) in [6.07, 6.45) is 70.0. The predicted octanol–water partition coefficient (Wildman–Crippen LogP) is 18.9. The van der Waals surface area contributed by atoms with Gasteiger partial charge in [0.25, 0.3) is 0 Å². The standard InChI is InChI=1S/C62H121N2O6P/c1-6-8-10-12-14-16-18-20-22-23-24-25-26-27-28-29-30-31-32-33-34-35-36-37-38-39-40-41-42-44-46-48-50-52-54-56-62(66)63-60(59-70-71(67,68)69-58-57-64(3,4)5)61(65)55-53-51-49-47-45-43-21-19-17-15-13-11-9-7-2/h23-24,45,47,53,55,60-61,65H,6-22,25-44,46,48-52,54,56-59H2,1-5H3,(H-,63,66,67,68)/p+1/b24-23-,47-45+,55-53+. The van der Waals surface area contributed by atoms with Crippen molar-refractivity contribution >= 4 is 13.7 Å². The second-order valence-electron chi connectivity index (χ2n) is 22.4. The minimum atomic E-state index is -4.35. The largest absolute Gasteiger partial charge is 0.472 e. The number of rotatable bonds is 57. The number of nitrogens with one attached hydrogen (secondary N) is 1. The third-order valence-corrected chi connectivity index (χ3v) is 15.1. The third-order valence-electron chi connectivity index (χ3n) is 14.1. The van der Waals surface area contributed by atoms with Crippen molar-refractivity contribution in [3.8, 4) is 0 Å². The molecule has 3 unspecified atom stereocenters. The second-order valence-corrected chi connectivity index (χ2v) is 23.9. The van der Waals surface area contributed by atoms with Gasteiger partial charge >= 0.3 is 7.82 Å². The van der Waals surface area contributed by atoms with Gasteiger partial charge in [0.2, 0.25) is 5.91 Å². The molecule has 8 nitrogen and oxygen atoms in total. The molecule has 0 aliphatic heterocycles. The van der Waals surface area contributed by atoms with E-state index >= 15 is 0 Å². The van der Waals surface area contributed by atoms with Crippen molar-refractivity contribution in [3.05, 3.63) is 36.5 Å². The number of hydrogen-bond acceptors (Lipinski definition) is 5. The summed E-state index contributed by atoms with van der Waals surface area (Å²) in [5, 5.41) is 13.9. The van der Waals surface area contributed by atoms with Gasteiger partial charge in [0.15, 0.2) is 0 Å². The zero-order valence-electron chi connectivity index (χ0n) is 48.0. The average molecular weight is 1020 g/mol. The van der Waals surface area contributed by atoms with E-state index in [1.807, 2.05) is 27.2 Å². The van der Waals surface area contributed by atoms with Crippen LogP contribution in [0, 0.1) is 0 Å². The monoisotopic (exact) mass is 1020 g/mol. The Labute approximate surface area is 442 Å². The molecule has 71 heavy (non-hydrogen) atoms. The van der Waals surface area contributed by atoms with Gasteiger partial charge in [-0.05, 0) is 57.8 Å². The van der Waals surface area contributed by atoms with Crippen LogP contribution in [-0.4, -0.2) is 73.4 Å². The quantitative estimate of drug-likeness (QED) is 0.0243. The summed E-state index contributed by atoms with van der Waals surface area (Å²) in [6, 6.07) is -0.861. The Morgan fingerprint density at radius 1 is 0.465 bits per heavy atom. The predicted molar refractivity (Wildman–Crippen MR) is 309 cm³/mol. The summed E-state index contributed by atoms with van der Waals surface area (Å²) >= 11 is 0. The molecule has 0 fully saturated rings. The SMILES string of the molecule is CCCCCCCCCC/C=C\CCCCCCCCCCCCCCCCCCCCCCCCCC(=O)NC(COP(=O)(O)OCC[N+](C)(C)C)C(O)/C=C/CC/C=C/CCCCCCCCCC. The summed E-state index contributed by atoms with van der Waals surface area (Å²) in [5.74, 6) is -0.182. The first-order chi connectivity index (χ1) is 34.5. The van der Waals surface area contributed by atoms with Crippen LogP contribution in [0.15, 0.2) is 36.5 Å². The lowest BCUT2D eigenvalue weighted by Crippen LogP contribution is -2.45. The number of likely N-dealkylation sites (N-methyl/N-ethyl adjacent to an activating group) is 1. The van der Waals surface area contributed by atoms with Crippen LogP contribution in [0.25, 0.3) is 0 Å². The van der Waals surface area contributed by atoms with E-state index in [1.54, 1.807) is 6.08 Å². The summed E-state index contributed by atoms with van der Waals surface area (Å²) in [7, 11) is 1.57. The van der Waals surface area contributed by atoms with E-state index in [9.17, 15) is 19.4 Å². The van der Waals surface area contributed by atoms with Crippen molar-refractivity contribution in [1.82, 2.24) is 5.32 Å². The summed E-state index contributed by atoms with van der Waals surface area (Å²) in [6.45, 7) is 4.82.